The van der Waals surface area contributed by atoms with Crippen LogP contribution in [0.3, 0.4) is 0 Å². The highest BCUT2D eigenvalue weighted by atomic mass is 19.4. The number of aromatic nitrogens is 3. The lowest BCUT2D eigenvalue weighted by Gasteiger charge is -2.30. The number of imidazole rings is 1. The van der Waals surface area contributed by atoms with Crippen LogP contribution >= 0.6 is 0 Å². The summed E-state index contributed by atoms with van der Waals surface area (Å²) in [6.07, 6.45) is 0.949. The van der Waals surface area contributed by atoms with E-state index in [1.165, 1.54) is 12.1 Å². The fraction of sp³-hybridized carbons (Fsp3) is 0.375. The largest absolute Gasteiger partial charge is 0.484 e. The second-order valence-electron chi connectivity index (χ2n) is 8.52. The van der Waals surface area contributed by atoms with Crippen LogP contribution in [0.5, 0.6) is 5.75 Å². The highest BCUT2D eigenvalue weighted by Gasteiger charge is 2.28. The molecule has 34 heavy (non-hydrogen) atoms. The number of aryl methyl sites for hydroxylation is 1. The average molecular weight is 473 g/mol. The molecule has 180 valence electrons. The molecule has 1 aliphatic rings. The minimum atomic E-state index is -4.41. The molecule has 3 aromatic rings. The molecule has 0 spiro atoms. The summed E-state index contributed by atoms with van der Waals surface area (Å²) >= 11 is 0. The van der Waals surface area contributed by atoms with Crippen molar-refractivity contribution < 1.29 is 22.7 Å². The lowest BCUT2D eigenvalue weighted by atomic mass is 10.0. The van der Waals surface area contributed by atoms with E-state index in [4.69, 9.17) is 4.74 Å². The van der Waals surface area contributed by atoms with Gasteiger partial charge in [0.1, 0.15) is 17.9 Å². The zero-order valence-electron chi connectivity index (χ0n) is 19.0. The molecule has 0 saturated carbocycles. The Balaban J connectivity index is 1.62. The molecule has 0 aliphatic carbocycles. The van der Waals surface area contributed by atoms with Crippen molar-refractivity contribution in [1.82, 2.24) is 24.8 Å². The third-order valence-corrected chi connectivity index (χ3v) is 5.56. The van der Waals surface area contributed by atoms with E-state index >= 15 is 0 Å². The summed E-state index contributed by atoms with van der Waals surface area (Å²) in [6, 6.07) is 9.59. The van der Waals surface area contributed by atoms with Crippen molar-refractivity contribution in [3.63, 3.8) is 0 Å². The van der Waals surface area contributed by atoms with Gasteiger partial charge in [0.15, 0.2) is 6.61 Å². The van der Waals surface area contributed by atoms with Gasteiger partial charge in [-0.2, -0.15) is 13.2 Å². The summed E-state index contributed by atoms with van der Waals surface area (Å²) in [5, 5.41) is 3.11. The highest BCUT2D eigenvalue weighted by molar-refractivity contribution is 5.96. The van der Waals surface area contributed by atoms with E-state index < -0.39 is 12.8 Å². The number of pyridine rings is 1. The van der Waals surface area contributed by atoms with Crippen LogP contribution < -0.4 is 10.1 Å². The molecule has 0 radical (unpaired) electrons. The quantitative estimate of drug-likeness (QED) is 0.586. The Morgan fingerprint density at radius 2 is 2.00 bits per heavy atom. The Morgan fingerprint density at radius 3 is 2.65 bits per heavy atom. The number of nitrogens with zero attached hydrogens (tertiary/aromatic N) is 4. The number of carbonyl (C=O) groups is 1. The summed E-state index contributed by atoms with van der Waals surface area (Å²) in [7, 11) is 2.03. The van der Waals surface area contributed by atoms with Gasteiger partial charge in [0.25, 0.3) is 5.91 Å². The number of rotatable bonds is 6. The van der Waals surface area contributed by atoms with Crippen LogP contribution in [-0.2, 0) is 0 Å². The molecule has 7 nitrogen and oxygen atoms in total. The summed E-state index contributed by atoms with van der Waals surface area (Å²) in [4.78, 5) is 24.2. The van der Waals surface area contributed by atoms with Gasteiger partial charge in [0, 0.05) is 29.9 Å². The predicted octanol–water partition coefficient (Wildman–Crippen LogP) is 4.01. The van der Waals surface area contributed by atoms with Gasteiger partial charge >= 0.3 is 6.18 Å². The standard InChI is InChI=1S/C24H26F3N5O2/c1-16-12-32(15-28-16)22-11-18(23(33)29-19-4-3-9-31(2)13-19)10-21(30-22)17-5-7-20(8-6-17)34-14-24(25,26)27/h5-8,10-12,15,19H,3-4,9,13-14H2,1-2H3,(H,29,33). The second-order valence-corrected chi connectivity index (χ2v) is 8.52. The molecule has 3 heterocycles. The van der Waals surface area contributed by atoms with Crippen molar-refractivity contribution in [2.75, 3.05) is 26.7 Å². The van der Waals surface area contributed by atoms with Crippen molar-refractivity contribution in [3.8, 4) is 22.8 Å². The molecule has 1 aliphatic heterocycles. The van der Waals surface area contributed by atoms with Crippen LogP contribution in [0, 0.1) is 6.92 Å². The molecular weight excluding hydrogens is 447 g/mol. The average Bonchev–Trinajstić information content (AvgIpc) is 3.24. The second kappa shape index (κ2) is 9.84. The van der Waals surface area contributed by atoms with Gasteiger partial charge in [-0.3, -0.25) is 9.36 Å². The molecule has 1 amide bonds. The number of hydrogen-bond acceptors (Lipinski definition) is 5. The summed E-state index contributed by atoms with van der Waals surface area (Å²) < 4.78 is 43.8. The minimum Gasteiger partial charge on any atom is -0.484 e. The number of alkyl halides is 3. The number of benzene rings is 1. The van der Waals surface area contributed by atoms with Crippen molar-refractivity contribution in [2.24, 2.45) is 0 Å². The number of likely N-dealkylation sites (N-methyl/N-ethyl adjacent to an activating group) is 1. The molecule has 1 N–H and O–H groups in total. The van der Waals surface area contributed by atoms with Crippen molar-refractivity contribution in [1.29, 1.82) is 0 Å². The maximum atomic E-state index is 13.1. The van der Waals surface area contributed by atoms with E-state index in [0.717, 1.165) is 31.6 Å². The molecule has 1 unspecified atom stereocenters. The monoisotopic (exact) mass is 473 g/mol. The van der Waals surface area contributed by atoms with Crippen LogP contribution in [0.25, 0.3) is 17.1 Å². The normalized spacial score (nSPS) is 16.9. The van der Waals surface area contributed by atoms with E-state index in [1.54, 1.807) is 41.4 Å². The molecule has 1 fully saturated rings. The maximum absolute atomic E-state index is 13.1. The van der Waals surface area contributed by atoms with Crippen LogP contribution in [0.2, 0.25) is 0 Å². The summed E-state index contributed by atoms with van der Waals surface area (Å²) in [6.45, 7) is 2.29. The first-order valence-corrected chi connectivity index (χ1v) is 11.0. The number of amides is 1. The number of carbonyl (C=O) groups excluding carboxylic acids is 1. The lowest BCUT2D eigenvalue weighted by molar-refractivity contribution is -0.153. The number of ether oxygens (including phenoxy) is 1. The van der Waals surface area contributed by atoms with Gasteiger partial charge < -0.3 is 15.0 Å². The van der Waals surface area contributed by atoms with E-state index in [-0.39, 0.29) is 17.7 Å². The molecule has 1 saturated heterocycles. The Hall–Kier alpha value is -3.40. The molecule has 2 aromatic heterocycles. The van der Waals surface area contributed by atoms with Gasteiger partial charge in [-0.1, -0.05) is 0 Å². The molecular formula is C24H26F3N5O2. The van der Waals surface area contributed by atoms with Crippen molar-refractivity contribution in [2.45, 2.75) is 32.0 Å². The van der Waals surface area contributed by atoms with Crippen LogP contribution in [0.15, 0.2) is 48.9 Å². The van der Waals surface area contributed by atoms with Crippen LogP contribution in [0.1, 0.15) is 28.9 Å². The first-order chi connectivity index (χ1) is 16.2. The van der Waals surface area contributed by atoms with E-state index in [1.807, 2.05) is 14.0 Å². The van der Waals surface area contributed by atoms with E-state index in [9.17, 15) is 18.0 Å². The van der Waals surface area contributed by atoms with Gasteiger partial charge in [0.2, 0.25) is 0 Å². The Kier molecular flexibility index (Phi) is 6.87. The minimum absolute atomic E-state index is 0.0619. The summed E-state index contributed by atoms with van der Waals surface area (Å²) in [5.74, 6) is 0.412. The fourth-order valence-corrected chi connectivity index (χ4v) is 3.91. The highest BCUT2D eigenvalue weighted by Crippen LogP contribution is 2.25. The molecule has 10 heteroatoms. The molecule has 1 aromatic carbocycles. The number of likely N-dealkylation sites (tertiary alicyclic amines) is 1. The number of hydrogen-bond donors (Lipinski definition) is 1. The fourth-order valence-electron chi connectivity index (χ4n) is 3.91. The topological polar surface area (TPSA) is 72.3 Å². The first-order valence-electron chi connectivity index (χ1n) is 11.0. The zero-order valence-corrected chi connectivity index (χ0v) is 19.0. The Morgan fingerprint density at radius 1 is 1.24 bits per heavy atom. The maximum Gasteiger partial charge on any atom is 0.422 e. The van der Waals surface area contributed by atoms with Gasteiger partial charge in [-0.15, -0.1) is 0 Å². The van der Waals surface area contributed by atoms with Crippen LogP contribution in [0.4, 0.5) is 13.2 Å². The van der Waals surface area contributed by atoms with Crippen LogP contribution in [-0.4, -0.2) is 64.3 Å². The van der Waals surface area contributed by atoms with Gasteiger partial charge in [0.05, 0.1) is 11.4 Å². The van der Waals surface area contributed by atoms with E-state index in [0.29, 0.717) is 22.6 Å². The smallest absolute Gasteiger partial charge is 0.422 e. The molecule has 0 bridgehead atoms. The SMILES string of the molecule is Cc1cn(-c2cc(C(=O)NC3CCCN(C)C3)cc(-c3ccc(OCC(F)(F)F)cc3)n2)cn1. The van der Waals surface area contributed by atoms with Crippen molar-refractivity contribution in [3.05, 3.63) is 60.2 Å². The Labute approximate surface area is 195 Å². The first kappa shape index (κ1) is 23.7. The third kappa shape index (κ3) is 6.13. The number of halogens is 3. The lowest BCUT2D eigenvalue weighted by Crippen LogP contribution is -2.46. The third-order valence-electron chi connectivity index (χ3n) is 5.56. The van der Waals surface area contributed by atoms with Gasteiger partial charge in [-0.05, 0) is 69.8 Å². The summed E-state index contributed by atoms with van der Waals surface area (Å²) in [5.41, 5.74) is 2.40. The molecule has 4 rings (SSSR count). The van der Waals surface area contributed by atoms with Gasteiger partial charge in [-0.25, -0.2) is 9.97 Å². The van der Waals surface area contributed by atoms with E-state index in [2.05, 4.69) is 20.2 Å². The Bertz CT molecular complexity index is 1140. The predicted molar refractivity (Wildman–Crippen MR) is 121 cm³/mol. The zero-order chi connectivity index (χ0) is 24.3. The molecule has 1 atom stereocenters. The number of piperidine rings is 1. The number of nitrogens with one attached hydrogen (secondary N) is 1. The van der Waals surface area contributed by atoms with Crippen molar-refractivity contribution >= 4 is 5.91 Å².